The number of aryl methyl sites for hydroxylation is 1. The molecule has 6 heteroatoms. The van der Waals surface area contributed by atoms with E-state index in [1.54, 1.807) is 0 Å². The van der Waals surface area contributed by atoms with Gasteiger partial charge in [-0.25, -0.2) is 4.98 Å². The minimum Gasteiger partial charge on any atom is -0.368 e. The molecular formula is C23H22N4OS. The highest BCUT2D eigenvalue weighted by molar-refractivity contribution is 8.00. The second-order valence-electron chi connectivity index (χ2n) is 7.14. The number of benzene rings is 2. The molecule has 0 bridgehead atoms. The molecule has 1 amide bonds. The Kier molecular flexibility index (Phi) is 5.68. The monoisotopic (exact) mass is 402 g/mol. The minimum absolute atomic E-state index is 0.0948. The second-order valence-corrected chi connectivity index (χ2v) is 8.11. The molecule has 4 rings (SSSR count). The van der Waals surface area contributed by atoms with Crippen LogP contribution in [0.1, 0.15) is 11.1 Å². The number of hydrogen-bond donors (Lipinski definition) is 0. The molecule has 2 heterocycles. The molecule has 1 aliphatic rings. The first-order valence-corrected chi connectivity index (χ1v) is 10.6. The summed E-state index contributed by atoms with van der Waals surface area (Å²) in [6, 6.07) is 20.4. The van der Waals surface area contributed by atoms with Crippen LogP contribution in [0.4, 0.5) is 5.69 Å². The van der Waals surface area contributed by atoms with Gasteiger partial charge in [-0.2, -0.15) is 5.26 Å². The van der Waals surface area contributed by atoms with Crippen LogP contribution in [-0.2, 0) is 4.79 Å². The number of fused-ring (bicyclic) bond motifs is 1. The number of anilines is 1. The van der Waals surface area contributed by atoms with Gasteiger partial charge in [0.15, 0.2) is 0 Å². The maximum absolute atomic E-state index is 12.7. The van der Waals surface area contributed by atoms with E-state index in [2.05, 4.69) is 28.1 Å². The zero-order valence-corrected chi connectivity index (χ0v) is 17.2. The molecule has 1 fully saturated rings. The van der Waals surface area contributed by atoms with E-state index in [9.17, 15) is 10.1 Å². The van der Waals surface area contributed by atoms with Gasteiger partial charge in [0.25, 0.3) is 0 Å². The Morgan fingerprint density at radius 3 is 2.59 bits per heavy atom. The first kappa shape index (κ1) is 19.3. The van der Waals surface area contributed by atoms with Gasteiger partial charge >= 0.3 is 0 Å². The number of para-hydroxylation sites is 1. The van der Waals surface area contributed by atoms with Crippen LogP contribution in [0.2, 0.25) is 0 Å². The number of aromatic nitrogens is 1. The first-order chi connectivity index (χ1) is 14.1. The molecule has 0 spiro atoms. The lowest BCUT2D eigenvalue weighted by molar-refractivity contribution is -0.128. The molecule has 1 saturated heterocycles. The first-order valence-electron chi connectivity index (χ1n) is 9.66. The molecule has 0 saturated carbocycles. The summed E-state index contributed by atoms with van der Waals surface area (Å²) in [5, 5.41) is 11.1. The number of carbonyl (C=O) groups excluding carboxylic acids is 1. The summed E-state index contributed by atoms with van der Waals surface area (Å²) in [5.41, 5.74) is 3.70. The number of rotatable bonds is 4. The third-order valence-corrected chi connectivity index (χ3v) is 6.12. The number of amides is 1. The Hall–Kier alpha value is -3.04. The molecule has 0 N–H and O–H groups in total. The third kappa shape index (κ3) is 4.36. The summed E-state index contributed by atoms with van der Waals surface area (Å²) >= 11 is 1.35. The molecule has 29 heavy (non-hydrogen) atoms. The van der Waals surface area contributed by atoms with Crippen LogP contribution in [0.15, 0.2) is 59.6 Å². The average molecular weight is 403 g/mol. The van der Waals surface area contributed by atoms with Crippen molar-refractivity contribution in [3.05, 3.63) is 65.7 Å². The fourth-order valence-corrected chi connectivity index (χ4v) is 4.41. The predicted octanol–water partition coefficient (Wildman–Crippen LogP) is 3.86. The van der Waals surface area contributed by atoms with Crippen LogP contribution in [0.25, 0.3) is 10.9 Å². The standard InChI is InChI=1S/C23H22N4OS/c1-17-7-8-21-18(13-17)14-19(15-24)23(25-21)29-16-22(28)27-11-9-26(10-12-27)20-5-3-2-4-6-20/h2-8,13-14H,9-12,16H2,1H3. The van der Waals surface area contributed by atoms with Crippen molar-refractivity contribution in [2.45, 2.75) is 11.9 Å². The van der Waals surface area contributed by atoms with Gasteiger partial charge in [-0.15, -0.1) is 0 Å². The Bertz CT molecular complexity index is 1070. The van der Waals surface area contributed by atoms with Gasteiger partial charge in [-0.3, -0.25) is 4.79 Å². The minimum atomic E-state index is 0.0948. The summed E-state index contributed by atoms with van der Waals surface area (Å²) < 4.78 is 0. The van der Waals surface area contributed by atoms with Crippen LogP contribution >= 0.6 is 11.8 Å². The van der Waals surface area contributed by atoms with Crippen LogP contribution in [0.3, 0.4) is 0 Å². The lowest BCUT2D eigenvalue weighted by Crippen LogP contribution is -2.49. The highest BCUT2D eigenvalue weighted by Crippen LogP contribution is 2.26. The fourth-order valence-electron chi connectivity index (χ4n) is 3.54. The van der Waals surface area contributed by atoms with E-state index >= 15 is 0 Å². The summed E-state index contributed by atoms with van der Waals surface area (Å²) in [6.07, 6.45) is 0. The lowest BCUT2D eigenvalue weighted by Gasteiger charge is -2.36. The SMILES string of the molecule is Cc1ccc2nc(SCC(=O)N3CCN(c4ccccc4)CC3)c(C#N)cc2c1. The molecule has 2 aromatic carbocycles. The van der Waals surface area contributed by atoms with Crippen LogP contribution in [-0.4, -0.2) is 47.7 Å². The molecule has 5 nitrogen and oxygen atoms in total. The second kappa shape index (κ2) is 8.54. The summed E-state index contributed by atoms with van der Waals surface area (Å²) in [5.74, 6) is 0.391. The number of hydrogen-bond acceptors (Lipinski definition) is 5. The van der Waals surface area contributed by atoms with Gasteiger partial charge in [0, 0.05) is 37.3 Å². The number of pyridine rings is 1. The number of nitriles is 1. The third-order valence-electron chi connectivity index (χ3n) is 5.14. The number of nitrogens with zero attached hydrogens (tertiary/aromatic N) is 4. The van der Waals surface area contributed by atoms with Crippen molar-refractivity contribution in [1.29, 1.82) is 5.26 Å². The molecule has 0 radical (unpaired) electrons. The van der Waals surface area contributed by atoms with Crippen molar-refractivity contribution in [3.8, 4) is 6.07 Å². The van der Waals surface area contributed by atoms with Crippen molar-refractivity contribution in [2.24, 2.45) is 0 Å². The van der Waals surface area contributed by atoms with Crippen LogP contribution < -0.4 is 4.90 Å². The topological polar surface area (TPSA) is 60.2 Å². The van der Waals surface area contributed by atoms with Crippen molar-refractivity contribution in [3.63, 3.8) is 0 Å². The van der Waals surface area contributed by atoms with Gasteiger partial charge in [-0.05, 0) is 37.3 Å². The summed E-state index contributed by atoms with van der Waals surface area (Å²) in [6.45, 7) is 5.10. The maximum Gasteiger partial charge on any atom is 0.233 e. The number of thioether (sulfide) groups is 1. The van der Waals surface area contributed by atoms with Gasteiger partial charge in [-0.1, -0.05) is 41.6 Å². The van der Waals surface area contributed by atoms with Crippen molar-refractivity contribution in [2.75, 3.05) is 36.8 Å². The van der Waals surface area contributed by atoms with Gasteiger partial charge in [0.2, 0.25) is 5.91 Å². The molecular weight excluding hydrogens is 380 g/mol. The molecule has 1 aromatic heterocycles. The normalized spacial score (nSPS) is 14.1. The van der Waals surface area contributed by atoms with E-state index in [1.807, 2.05) is 54.3 Å². The van der Waals surface area contributed by atoms with E-state index < -0.39 is 0 Å². The zero-order valence-electron chi connectivity index (χ0n) is 16.3. The predicted molar refractivity (Wildman–Crippen MR) is 117 cm³/mol. The fraction of sp³-hybridized carbons (Fsp3) is 0.261. The maximum atomic E-state index is 12.7. The Morgan fingerprint density at radius 2 is 1.86 bits per heavy atom. The highest BCUT2D eigenvalue weighted by Gasteiger charge is 2.22. The van der Waals surface area contributed by atoms with E-state index in [0.29, 0.717) is 29.4 Å². The molecule has 3 aromatic rings. The molecule has 1 aliphatic heterocycles. The molecule has 0 unspecified atom stereocenters. The van der Waals surface area contributed by atoms with Crippen molar-refractivity contribution >= 4 is 34.3 Å². The molecule has 0 atom stereocenters. The Labute approximate surface area is 175 Å². The van der Waals surface area contributed by atoms with Crippen molar-refractivity contribution < 1.29 is 4.79 Å². The van der Waals surface area contributed by atoms with E-state index in [-0.39, 0.29) is 5.91 Å². The number of piperazine rings is 1. The average Bonchev–Trinajstić information content (AvgIpc) is 2.77. The highest BCUT2D eigenvalue weighted by atomic mass is 32.2. The summed E-state index contributed by atoms with van der Waals surface area (Å²) in [4.78, 5) is 21.5. The quantitative estimate of drug-likeness (QED) is 0.620. The smallest absolute Gasteiger partial charge is 0.233 e. The molecule has 0 aliphatic carbocycles. The lowest BCUT2D eigenvalue weighted by atomic mass is 10.1. The largest absolute Gasteiger partial charge is 0.368 e. The van der Waals surface area contributed by atoms with Gasteiger partial charge in [0.05, 0.1) is 16.8 Å². The van der Waals surface area contributed by atoms with Gasteiger partial charge in [0.1, 0.15) is 11.1 Å². The summed E-state index contributed by atoms with van der Waals surface area (Å²) in [7, 11) is 0. The zero-order chi connectivity index (χ0) is 20.2. The molecule has 146 valence electrons. The van der Waals surface area contributed by atoms with E-state index in [1.165, 1.54) is 17.4 Å². The van der Waals surface area contributed by atoms with Crippen LogP contribution in [0.5, 0.6) is 0 Å². The van der Waals surface area contributed by atoms with E-state index in [0.717, 1.165) is 29.6 Å². The Morgan fingerprint density at radius 1 is 1.10 bits per heavy atom. The van der Waals surface area contributed by atoms with E-state index in [4.69, 9.17) is 0 Å². The van der Waals surface area contributed by atoms with Crippen molar-refractivity contribution in [1.82, 2.24) is 9.88 Å². The number of carbonyl (C=O) groups is 1. The van der Waals surface area contributed by atoms with Crippen LogP contribution in [0, 0.1) is 18.3 Å². The Balaban J connectivity index is 1.39. The van der Waals surface area contributed by atoms with Gasteiger partial charge < -0.3 is 9.80 Å².